The molecule has 0 spiro atoms. The van der Waals surface area contributed by atoms with E-state index >= 15 is 0 Å². The first-order valence-corrected chi connectivity index (χ1v) is 1.22. The molecule has 5 heavy (non-hydrogen) atoms. The van der Waals surface area contributed by atoms with Gasteiger partial charge in [0, 0.05) is 12.4 Å². The zero-order valence-electron chi connectivity index (χ0n) is 5.47. The van der Waals surface area contributed by atoms with Gasteiger partial charge in [0.15, 0.2) is 1.41 Å². The average Bonchev–Trinajstić information content (AvgIpc) is 1.85. The zero-order chi connectivity index (χ0) is 6.15. The van der Waals surface area contributed by atoms with Crippen molar-refractivity contribution in [1.82, 2.24) is 10.2 Å². The lowest BCUT2D eigenvalue weighted by Gasteiger charge is -1.49. The number of rotatable bonds is 0. The average molecular weight is 71.1 g/mol. The van der Waals surface area contributed by atoms with Gasteiger partial charge in [0.25, 0.3) is 0 Å². The predicted octanol–water partition coefficient (Wildman–Crippen LogP) is 0.410. The van der Waals surface area contributed by atoms with Crippen LogP contribution in [0.1, 0.15) is 2.74 Å². The number of nitrogens with one attached hydrogen (secondary N) is 1. The maximum absolute atomic E-state index is 6.85. The Morgan fingerprint density at radius 3 is 3.40 bits per heavy atom. The van der Waals surface area contributed by atoms with Crippen molar-refractivity contribution in [3.05, 3.63) is 18.4 Å². The molecule has 1 heterocycles. The molecule has 1 aromatic rings. The molecular formula is C3H4N2. The van der Waals surface area contributed by atoms with Crippen molar-refractivity contribution in [3.8, 4) is 0 Å². The van der Waals surface area contributed by atoms with Crippen LogP contribution in [0, 0.1) is 0 Å². The van der Waals surface area contributed by atoms with E-state index < -0.39 is 0 Å². The summed E-state index contributed by atoms with van der Waals surface area (Å²) in [6.45, 7) is 0. The van der Waals surface area contributed by atoms with E-state index in [0.717, 1.165) is 6.20 Å². The summed E-state index contributed by atoms with van der Waals surface area (Å²) in [5.74, 6) is 0. The second kappa shape index (κ2) is 0.885. The molecule has 26 valence electrons. The highest BCUT2D eigenvalue weighted by atomic mass is 15.1. The molecule has 0 amide bonds. The van der Waals surface area contributed by atoms with Gasteiger partial charge in [-0.05, 0) is 6.04 Å². The van der Waals surface area contributed by atoms with Gasteiger partial charge in [0.2, 0.25) is 0 Å². The minimum atomic E-state index is -0.153. The van der Waals surface area contributed by atoms with Crippen molar-refractivity contribution in [1.29, 1.82) is 0 Å². The third-order valence-corrected chi connectivity index (χ3v) is 0.295. The molecule has 0 fully saturated rings. The Morgan fingerprint density at radius 2 is 3.20 bits per heavy atom. The summed E-state index contributed by atoms with van der Waals surface area (Å²) in [4.78, 5) is 0. The molecule has 0 aliphatic rings. The van der Waals surface area contributed by atoms with Crippen LogP contribution < -0.4 is 0 Å². The van der Waals surface area contributed by atoms with Crippen LogP contribution in [0.4, 0.5) is 0 Å². The SMILES string of the molecule is [2H]c1cn([2H])nc1[2H]. The quantitative estimate of drug-likeness (QED) is 0.471. The van der Waals surface area contributed by atoms with Crippen LogP contribution in [0.5, 0.6) is 0 Å². The van der Waals surface area contributed by atoms with E-state index in [-0.39, 0.29) is 12.2 Å². The Balaban J connectivity index is 3.14. The molecule has 0 aliphatic heterocycles. The minimum Gasteiger partial charge on any atom is -0.286 e. The van der Waals surface area contributed by atoms with Gasteiger partial charge in [-0.2, -0.15) is 5.10 Å². The number of aromatic nitrogens is 2. The first-order chi connectivity index (χ1) is 3.70. The van der Waals surface area contributed by atoms with Gasteiger partial charge in [-0.15, -0.1) is 0 Å². The maximum atomic E-state index is 6.85. The lowest BCUT2D eigenvalue weighted by molar-refractivity contribution is 1.09. The van der Waals surface area contributed by atoms with Crippen molar-refractivity contribution < 1.29 is 4.15 Å². The van der Waals surface area contributed by atoms with Crippen LogP contribution in [0.2, 0.25) is 1.41 Å². The van der Waals surface area contributed by atoms with E-state index in [4.69, 9.17) is 4.15 Å². The molecule has 2 heteroatoms. The molecule has 0 saturated carbocycles. The molecule has 1 rings (SSSR count). The van der Waals surface area contributed by atoms with E-state index in [2.05, 4.69) is 5.10 Å². The largest absolute Gasteiger partial charge is 0.286 e. The highest BCUT2D eigenvalue weighted by Gasteiger charge is 1.56. The first-order valence-electron chi connectivity index (χ1n) is 2.67. The van der Waals surface area contributed by atoms with Crippen LogP contribution >= 0.6 is 0 Å². The Hall–Kier alpha value is -0.790. The van der Waals surface area contributed by atoms with Crippen LogP contribution in [0.15, 0.2) is 18.4 Å². The van der Waals surface area contributed by atoms with Crippen molar-refractivity contribution in [3.63, 3.8) is 0 Å². The third kappa shape index (κ3) is 0.265. The second-order valence-electron chi connectivity index (χ2n) is 0.601. The van der Waals surface area contributed by atoms with Gasteiger partial charge < -0.3 is 0 Å². The number of aromatic amines is 1. The smallest absolute Gasteiger partial charge is 0.189 e. The van der Waals surface area contributed by atoms with Crippen LogP contribution in [-0.2, 0) is 0 Å². The molecule has 0 unspecified atom stereocenters. The van der Waals surface area contributed by atoms with Crippen molar-refractivity contribution in [2.45, 2.75) is 0 Å². The van der Waals surface area contributed by atoms with E-state index in [1.165, 1.54) is 0 Å². The van der Waals surface area contributed by atoms with Gasteiger partial charge in [-0.3, -0.25) is 5.09 Å². The summed E-state index contributed by atoms with van der Waals surface area (Å²) >= 11 is 0. The van der Waals surface area contributed by atoms with Gasteiger partial charge >= 0.3 is 0 Å². The lowest BCUT2D eigenvalue weighted by atomic mass is 10.8. The van der Waals surface area contributed by atoms with Gasteiger partial charge in [0.05, 0.1) is 2.74 Å². The number of H-pyrrole nitrogens is 1. The number of hydrogen-bond acceptors (Lipinski definition) is 1. The fraction of sp³-hybridized carbons (Fsp3) is 0. The highest BCUT2D eigenvalue weighted by Crippen LogP contribution is 1.64. The van der Waals surface area contributed by atoms with Crippen molar-refractivity contribution in [2.24, 2.45) is 0 Å². The lowest BCUT2D eigenvalue weighted by Crippen LogP contribution is -1.53. The number of nitrogens with zero attached hydrogens (tertiary/aromatic N) is 1. The van der Waals surface area contributed by atoms with Crippen LogP contribution in [-0.4, -0.2) is 10.2 Å². The van der Waals surface area contributed by atoms with E-state index in [9.17, 15) is 0 Å². The normalized spacial score (nSPS) is 16.4. The molecule has 0 aromatic carbocycles. The first kappa shape index (κ1) is 0.834. The topological polar surface area (TPSA) is 28.7 Å². The third-order valence-electron chi connectivity index (χ3n) is 0.295. The van der Waals surface area contributed by atoms with Gasteiger partial charge in [0.1, 0.15) is 0 Å². The molecule has 2 nitrogen and oxygen atoms in total. The predicted molar refractivity (Wildman–Crippen MR) is 18.6 cm³/mol. The molecule has 0 radical (unpaired) electrons. The molecule has 0 atom stereocenters. The minimum absolute atomic E-state index is 0.0139. The maximum Gasteiger partial charge on any atom is 0.189 e. The molecule has 0 aliphatic carbocycles. The highest BCUT2D eigenvalue weighted by molar-refractivity contribution is 4.72. The van der Waals surface area contributed by atoms with E-state index in [1.54, 1.807) is 0 Å². The molecule has 1 N–H and O–H groups in total. The Kier molecular flexibility index (Phi) is 0.148. The van der Waals surface area contributed by atoms with Crippen molar-refractivity contribution in [2.75, 3.05) is 0 Å². The van der Waals surface area contributed by atoms with Gasteiger partial charge in [-0.25, -0.2) is 0 Å². The van der Waals surface area contributed by atoms with Crippen molar-refractivity contribution >= 4 is 0 Å². The Morgan fingerprint density at radius 1 is 2.20 bits per heavy atom. The fourth-order valence-corrected chi connectivity index (χ4v) is 0.144. The van der Waals surface area contributed by atoms with Crippen LogP contribution in [0.3, 0.4) is 0 Å². The van der Waals surface area contributed by atoms with E-state index in [0.29, 0.717) is 5.09 Å². The van der Waals surface area contributed by atoms with Crippen LogP contribution in [0.25, 0.3) is 0 Å². The van der Waals surface area contributed by atoms with E-state index in [1.807, 2.05) is 0 Å². The standard InChI is InChI=1S/C3H4N2/c1-2-4-5-3-1/h1-3H,(H,4,5)/i1D,2D/hD. The summed E-state index contributed by atoms with van der Waals surface area (Å²) in [6.07, 6.45) is 1.00. The summed E-state index contributed by atoms with van der Waals surface area (Å²) < 4.78 is 20.4. The number of hydrogen-bond donors (Lipinski definition) is 1. The molecular weight excluding hydrogens is 64.0 g/mol. The molecule has 0 bridgehead atoms. The monoisotopic (exact) mass is 71.1 g/mol. The fourth-order valence-electron chi connectivity index (χ4n) is 0.144. The zero-order valence-corrected chi connectivity index (χ0v) is 2.47. The Bertz CT molecular complexity index is 175. The summed E-state index contributed by atoms with van der Waals surface area (Å²) in [7, 11) is 0. The molecule has 0 saturated heterocycles. The summed E-state index contributed by atoms with van der Waals surface area (Å²) in [6, 6.07) is -0.0139. The van der Waals surface area contributed by atoms with Gasteiger partial charge in [-0.1, -0.05) is 0 Å². The summed E-state index contributed by atoms with van der Waals surface area (Å²) in [5, 5.41) is 3.97. The Labute approximate surface area is 34.1 Å². The summed E-state index contributed by atoms with van der Waals surface area (Å²) in [5.41, 5.74) is 0. The second-order valence-corrected chi connectivity index (χ2v) is 0.601. The molecule has 1 aromatic heterocycles.